The summed E-state index contributed by atoms with van der Waals surface area (Å²) in [4.78, 5) is 14.8. The summed E-state index contributed by atoms with van der Waals surface area (Å²) in [7, 11) is 0. The maximum atomic E-state index is 14.4. The zero-order chi connectivity index (χ0) is 20.6. The quantitative estimate of drug-likeness (QED) is 0.699. The molecule has 1 aliphatic heterocycles. The standard InChI is InChI=1S/C22H25F4NO2/c23-20-16-11-18-14(9-17(16)21(20,29)22(24,25)26)3-1-2-6-27(18)19(28)10-15-8-12-4-5-13(15)7-12/h9,11-13,15,20,29H,1-8,10H2/t12?,13-,15?,20-,21?/m1/s1. The molecule has 2 bridgehead atoms. The molecule has 0 aromatic heterocycles. The second-order valence-corrected chi connectivity index (χ2v) is 9.34. The Hall–Kier alpha value is -1.63. The summed E-state index contributed by atoms with van der Waals surface area (Å²) in [5.74, 6) is 1.74. The van der Waals surface area contributed by atoms with Gasteiger partial charge in [0, 0.05) is 24.2 Å². The number of fused-ring (bicyclic) bond motifs is 4. The van der Waals surface area contributed by atoms with Crippen LogP contribution in [0.3, 0.4) is 0 Å². The van der Waals surface area contributed by atoms with Gasteiger partial charge in [-0.3, -0.25) is 4.79 Å². The first-order chi connectivity index (χ1) is 13.7. The highest BCUT2D eigenvalue weighted by Gasteiger charge is 2.68. The molecule has 1 N–H and O–H groups in total. The van der Waals surface area contributed by atoms with Crippen molar-refractivity contribution in [2.45, 2.75) is 69.3 Å². The molecule has 4 aliphatic rings. The Labute approximate surface area is 167 Å². The molecule has 3 aliphatic carbocycles. The summed E-state index contributed by atoms with van der Waals surface area (Å²) in [5, 5.41) is 9.98. The third-order valence-corrected chi connectivity index (χ3v) is 7.72. The molecule has 2 saturated carbocycles. The van der Waals surface area contributed by atoms with Gasteiger partial charge in [0.1, 0.15) is 0 Å². The molecule has 1 aromatic rings. The van der Waals surface area contributed by atoms with E-state index in [4.69, 9.17) is 0 Å². The van der Waals surface area contributed by atoms with E-state index in [1.54, 1.807) is 4.90 Å². The Bertz CT molecular complexity index is 854. The Balaban J connectivity index is 1.45. The van der Waals surface area contributed by atoms with Crippen molar-refractivity contribution in [3.8, 4) is 0 Å². The van der Waals surface area contributed by atoms with Crippen molar-refractivity contribution in [3.05, 3.63) is 28.8 Å². The van der Waals surface area contributed by atoms with E-state index in [1.807, 2.05) is 0 Å². The van der Waals surface area contributed by atoms with Crippen LogP contribution in [0.5, 0.6) is 0 Å². The molecule has 0 saturated heterocycles. The monoisotopic (exact) mass is 411 g/mol. The second-order valence-electron chi connectivity index (χ2n) is 9.34. The number of aliphatic hydroxyl groups is 1. The average molecular weight is 411 g/mol. The highest BCUT2D eigenvalue weighted by atomic mass is 19.4. The number of benzene rings is 1. The number of rotatable bonds is 2. The molecule has 0 spiro atoms. The van der Waals surface area contributed by atoms with Gasteiger partial charge in [0.2, 0.25) is 11.5 Å². The van der Waals surface area contributed by atoms with Gasteiger partial charge in [-0.15, -0.1) is 0 Å². The van der Waals surface area contributed by atoms with Gasteiger partial charge in [-0.1, -0.05) is 6.42 Å². The fraction of sp³-hybridized carbons (Fsp3) is 0.682. The third-order valence-electron chi connectivity index (χ3n) is 7.72. The summed E-state index contributed by atoms with van der Waals surface area (Å²) in [6, 6.07) is 2.65. The molecule has 5 rings (SSSR count). The predicted molar refractivity (Wildman–Crippen MR) is 99.1 cm³/mol. The van der Waals surface area contributed by atoms with E-state index in [9.17, 15) is 27.5 Å². The lowest BCUT2D eigenvalue weighted by atomic mass is 9.70. The largest absolute Gasteiger partial charge is 0.424 e. The zero-order valence-electron chi connectivity index (χ0n) is 16.1. The molecule has 0 radical (unpaired) electrons. The Morgan fingerprint density at radius 1 is 1.21 bits per heavy atom. The van der Waals surface area contributed by atoms with Crippen LogP contribution < -0.4 is 4.90 Å². The first kappa shape index (κ1) is 19.3. The fourth-order valence-electron chi connectivity index (χ4n) is 6.15. The van der Waals surface area contributed by atoms with E-state index in [1.165, 1.54) is 31.4 Å². The van der Waals surface area contributed by atoms with Crippen molar-refractivity contribution in [3.63, 3.8) is 0 Å². The van der Waals surface area contributed by atoms with Crippen molar-refractivity contribution < 1.29 is 27.5 Å². The van der Waals surface area contributed by atoms with Gasteiger partial charge in [0.05, 0.1) is 0 Å². The molecule has 158 valence electrons. The molecule has 29 heavy (non-hydrogen) atoms. The second kappa shape index (κ2) is 6.43. The van der Waals surface area contributed by atoms with Gasteiger partial charge < -0.3 is 10.0 Å². The van der Waals surface area contributed by atoms with Crippen molar-refractivity contribution in [2.75, 3.05) is 11.4 Å². The first-order valence-corrected chi connectivity index (χ1v) is 10.6. The topological polar surface area (TPSA) is 40.5 Å². The maximum Gasteiger partial charge on any atom is 0.424 e. The van der Waals surface area contributed by atoms with Crippen LogP contribution in [0.1, 0.15) is 67.8 Å². The van der Waals surface area contributed by atoms with Crippen LogP contribution in [-0.2, 0) is 16.8 Å². The van der Waals surface area contributed by atoms with Crippen molar-refractivity contribution >= 4 is 11.6 Å². The molecule has 1 heterocycles. The van der Waals surface area contributed by atoms with Gasteiger partial charge in [-0.25, -0.2) is 4.39 Å². The van der Waals surface area contributed by atoms with E-state index in [0.717, 1.165) is 25.2 Å². The van der Waals surface area contributed by atoms with E-state index in [2.05, 4.69) is 0 Å². The number of nitrogens with zero attached hydrogens (tertiary/aromatic N) is 1. The summed E-state index contributed by atoms with van der Waals surface area (Å²) in [6.07, 6.45) is -0.371. The Kier molecular flexibility index (Phi) is 4.29. The number of anilines is 1. The normalized spacial score (nSPS) is 35.7. The SMILES string of the molecule is O=C(CC1CC2CC[C@@H]1C2)N1CCCCc2cc3c(cc21)[C@@H](F)C3(O)C(F)(F)F. The van der Waals surface area contributed by atoms with Crippen LogP contribution in [0.4, 0.5) is 23.2 Å². The van der Waals surface area contributed by atoms with Gasteiger partial charge in [0.25, 0.3) is 0 Å². The van der Waals surface area contributed by atoms with Crippen LogP contribution in [0.2, 0.25) is 0 Å². The number of amides is 1. The van der Waals surface area contributed by atoms with Gasteiger partial charge in [0.15, 0.2) is 6.17 Å². The highest BCUT2D eigenvalue weighted by molar-refractivity contribution is 5.95. The van der Waals surface area contributed by atoms with E-state index >= 15 is 0 Å². The fourth-order valence-corrected chi connectivity index (χ4v) is 6.15. The van der Waals surface area contributed by atoms with Crippen molar-refractivity contribution in [1.82, 2.24) is 0 Å². The molecule has 3 unspecified atom stereocenters. The summed E-state index contributed by atoms with van der Waals surface area (Å²) in [6.45, 7) is 0.506. The van der Waals surface area contributed by atoms with Gasteiger partial charge in [-0.05, 0) is 79.5 Å². The number of halogens is 4. The molecular formula is C22H25F4NO2. The molecule has 5 atom stereocenters. The highest BCUT2D eigenvalue weighted by Crippen LogP contribution is 2.60. The lowest BCUT2D eigenvalue weighted by Crippen LogP contribution is -2.53. The van der Waals surface area contributed by atoms with Crippen molar-refractivity contribution in [2.24, 2.45) is 17.8 Å². The van der Waals surface area contributed by atoms with Crippen LogP contribution in [0, 0.1) is 17.8 Å². The number of hydrogen-bond acceptors (Lipinski definition) is 2. The van der Waals surface area contributed by atoms with Gasteiger partial charge in [-0.2, -0.15) is 13.2 Å². The summed E-state index contributed by atoms with van der Waals surface area (Å²) in [5.41, 5.74) is -2.87. The number of alkyl halides is 4. The Morgan fingerprint density at radius 3 is 2.66 bits per heavy atom. The van der Waals surface area contributed by atoms with Crippen LogP contribution in [-0.4, -0.2) is 23.7 Å². The minimum Gasteiger partial charge on any atom is -0.374 e. The number of carbonyl (C=O) groups is 1. The maximum absolute atomic E-state index is 14.4. The minimum atomic E-state index is -5.07. The predicted octanol–water partition coefficient (Wildman–Crippen LogP) is 4.96. The van der Waals surface area contributed by atoms with Crippen LogP contribution >= 0.6 is 0 Å². The number of carbonyl (C=O) groups excluding carboxylic acids is 1. The first-order valence-electron chi connectivity index (χ1n) is 10.6. The number of hydrogen-bond donors (Lipinski definition) is 1. The minimum absolute atomic E-state index is 0.00790. The molecule has 1 amide bonds. The molecular weight excluding hydrogens is 386 g/mol. The van der Waals surface area contributed by atoms with Crippen LogP contribution in [0.25, 0.3) is 0 Å². The lowest BCUT2D eigenvalue weighted by molar-refractivity contribution is -0.302. The average Bonchev–Trinajstić information content (AvgIpc) is 3.22. The summed E-state index contributed by atoms with van der Waals surface area (Å²) < 4.78 is 54.2. The summed E-state index contributed by atoms with van der Waals surface area (Å²) >= 11 is 0. The lowest BCUT2D eigenvalue weighted by Gasteiger charge is -2.44. The Morgan fingerprint density at radius 2 is 2.00 bits per heavy atom. The van der Waals surface area contributed by atoms with Gasteiger partial charge >= 0.3 is 6.18 Å². The molecule has 1 aromatic carbocycles. The third kappa shape index (κ3) is 2.76. The zero-order valence-corrected chi connectivity index (χ0v) is 16.1. The van der Waals surface area contributed by atoms with Crippen molar-refractivity contribution in [1.29, 1.82) is 0 Å². The van der Waals surface area contributed by atoms with E-state index in [0.29, 0.717) is 42.5 Å². The molecule has 2 fully saturated rings. The number of aryl methyl sites for hydroxylation is 1. The smallest absolute Gasteiger partial charge is 0.374 e. The van der Waals surface area contributed by atoms with E-state index < -0.39 is 23.5 Å². The molecule has 3 nitrogen and oxygen atoms in total. The van der Waals surface area contributed by atoms with E-state index in [-0.39, 0.29) is 11.5 Å². The van der Waals surface area contributed by atoms with Crippen LogP contribution in [0.15, 0.2) is 12.1 Å². The molecule has 7 heteroatoms.